The highest BCUT2D eigenvalue weighted by Gasteiger charge is 2.44. The molecule has 2 aromatic heterocycles. The molecule has 12 nitrogen and oxygen atoms in total. The number of anilines is 2. The average molecular weight is 475 g/mol. The number of aromatic nitrogens is 4. The summed E-state index contributed by atoms with van der Waals surface area (Å²) in [5.41, 5.74) is 6.71. The fraction of sp³-hybridized carbons (Fsp3) is 0.476. The van der Waals surface area contributed by atoms with E-state index in [0.29, 0.717) is 38.5 Å². The SMILES string of the molecule is Nc1nc2c(ncn2[C@@H]2O[C@H](CNCc3ccc(F)c(N4CCOCC4)c3)[C@@H](O)[C@H]2O)c(=O)[nH]1. The Morgan fingerprint density at radius 2 is 2.06 bits per heavy atom. The van der Waals surface area contributed by atoms with Crippen molar-refractivity contribution < 1.29 is 24.1 Å². The molecule has 3 aromatic rings. The van der Waals surface area contributed by atoms with Crippen LogP contribution in [0.25, 0.3) is 11.2 Å². The normalized spacial score (nSPS) is 25.3. The first-order valence-corrected chi connectivity index (χ1v) is 11.0. The first-order chi connectivity index (χ1) is 16.4. The minimum Gasteiger partial charge on any atom is -0.387 e. The number of halogens is 1. The van der Waals surface area contributed by atoms with Crippen molar-refractivity contribution in [1.82, 2.24) is 24.8 Å². The number of H-pyrrole nitrogens is 1. The van der Waals surface area contributed by atoms with Crippen LogP contribution in [0.5, 0.6) is 0 Å². The standard InChI is InChI=1S/C21H26FN7O5/c22-12-2-1-11(7-13(12)28-3-5-33-6-4-28)8-24-9-14-16(30)17(31)20(34-14)29-10-25-15-18(29)26-21(23)27-19(15)32/h1-2,7,10,14,16-17,20,24,30-31H,3-6,8-9H2,(H3,23,26,27,32)/t14-,16-,17-,20-/m1/s1. The fourth-order valence-electron chi connectivity index (χ4n) is 4.33. The zero-order chi connectivity index (χ0) is 23.8. The molecular weight excluding hydrogens is 449 g/mol. The number of aliphatic hydroxyl groups excluding tert-OH is 2. The summed E-state index contributed by atoms with van der Waals surface area (Å²) in [4.78, 5) is 24.4. The molecule has 34 heavy (non-hydrogen) atoms. The van der Waals surface area contributed by atoms with E-state index >= 15 is 0 Å². The third-order valence-electron chi connectivity index (χ3n) is 6.10. The lowest BCUT2D eigenvalue weighted by molar-refractivity contribution is -0.0342. The molecule has 4 heterocycles. The second-order valence-corrected chi connectivity index (χ2v) is 8.34. The highest BCUT2D eigenvalue weighted by atomic mass is 19.1. The van der Waals surface area contributed by atoms with Crippen LogP contribution in [0.2, 0.25) is 0 Å². The van der Waals surface area contributed by atoms with Gasteiger partial charge >= 0.3 is 0 Å². The van der Waals surface area contributed by atoms with Gasteiger partial charge in [-0.2, -0.15) is 4.98 Å². The summed E-state index contributed by atoms with van der Waals surface area (Å²) in [5.74, 6) is -0.381. The number of aliphatic hydroxyl groups is 2. The maximum Gasteiger partial charge on any atom is 0.280 e. The predicted molar refractivity (Wildman–Crippen MR) is 120 cm³/mol. The quantitative estimate of drug-likeness (QED) is 0.301. The van der Waals surface area contributed by atoms with Gasteiger partial charge in [0.2, 0.25) is 5.95 Å². The van der Waals surface area contributed by atoms with Gasteiger partial charge in [0, 0.05) is 26.2 Å². The number of morpholine rings is 1. The number of hydrogen-bond donors (Lipinski definition) is 5. The molecule has 2 aliphatic rings. The van der Waals surface area contributed by atoms with Gasteiger partial charge in [-0.1, -0.05) is 6.07 Å². The molecule has 4 atom stereocenters. The van der Waals surface area contributed by atoms with E-state index in [-0.39, 0.29) is 29.5 Å². The molecule has 0 spiro atoms. The van der Waals surface area contributed by atoms with Crippen molar-refractivity contribution in [2.45, 2.75) is 31.1 Å². The second kappa shape index (κ2) is 9.27. The van der Waals surface area contributed by atoms with Crippen LogP contribution in [0.3, 0.4) is 0 Å². The number of ether oxygens (including phenoxy) is 2. The summed E-state index contributed by atoms with van der Waals surface area (Å²) in [6, 6.07) is 4.93. The van der Waals surface area contributed by atoms with Crippen molar-refractivity contribution in [1.29, 1.82) is 0 Å². The van der Waals surface area contributed by atoms with Crippen molar-refractivity contribution in [2.75, 3.05) is 43.5 Å². The Kier molecular flexibility index (Phi) is 6.18. The highest BCUT2D eigenvalue weighted by Crippen LogP contribution is 2.31. The summed E-state index contributed by atoms with van der Waals surface area (Å²) in [6.45, 7) is 3.01. The number of aromatic amines is 1. The molecule has 6 N–H and O–H groups in total. The number of hydrogen-bond acceptors (Lipinski definition) is 10. The zero-order valence-electron chi connectivity index (χ0n) is 18.2. The minimum atomic E-state index is -1.27. The number of nitrogens with one attached hydrogen (secondary N) is 2. The van der Waals surface area contributed by atoms with Gasteiger partial charge in [-0.15, -0.1) is 0 Å². The lowest BCUT2D eigenvalue weighted by Gasteiger charge is -2.29. The average Bonchev–Trinajstić information content (AvgIpc) is 3.37. The van der Waals surface area contributed by atoms with Crippen molar-refractivity contribution in [3.63, 3.8) is 0 Å². The summed E-state index contributed by atoms with van der Waals surface area (Å²) < 4.78 is 26.9. The number of benzene rings is 1. The molecule has 2 fully saturated rings. The Morgan fingerprint density at radius 3 is 2.85 bits per heavy atom. The van der Waals surface area contributed by atoms with Gasteiger partial charge in [0.25, 0.3) is 5.56 Å². The lowest BCUT2D eigenvalue weighted by atomic mass is 10.1. The van der Waals surface area contributed by atoms with Crippen molar-refractivity contribution >= 4 is 22.8 Å². The Labute approximate surface area is 193 Å². The van der Waals surface area contributed by atoms with Crippen LogP contribution < -0.4 is 21.5 Å². The van der Waals surface area contributed by atoms with E-state index in [2.05, 4.69) is 20.3 Å². The summed E-state index contributed by atoms with van der Waals surface area (Å²) in [6.07, 6.45) is -2.89. The number of rotatable bonds is 6. The second-order valence-electron chi connectivity index (χ2n) is 8.34. The van der Waals surface area contributed by atoms with E-state index in [1.807, 2.05) is 4.90 Å². The van der Waals surface area contributed by atoms with Crippen LogP contribution in [0.4, 0.5) is 16.0 Å². The van der Waals surface area contributed by atoms with Gasteiger partial charge in [-0.3, -0.25) is 14.3 Å². The first-order valence-electron chi connectivity index (χ1n) is 11.0. The van der Waals surface area contributed by atoms with E-state index in [1.165, 1.54) is 17.0 Å². The number of fused-ring (bicyclic) bond motifs is 1. The Morgan fingerprint density at radius 1 is 1.26 bits per heavy atom. The number of nitrogen functional groups attached to an aromatic ring is 1. The summed E-state index contributed by atoms with van der Waals surface area (Å²) >= 11 is 0. The van der Waals surface area contributed by atoms with Crippen LogP contribution in [-0.4, -0.2) is 80.9 Å². The Bertz CT molecular complexity index is 1230. The molecular formula is C21H26FN7O5. The maximum absolute atomic E-state index is 14.3. The van der Waals surface area contributed by atoms with Gasteiger partial charge in [-0.05, 0) is 17.7 Å². The number of nitrogens with zero attached hydrogens (tertiary/aromatic N) is 4. The van der Waals surface area contributed by atoms with Crippen LogP contribution in [-0.2, 0) is 16.0 Å². The van der Waals surface area contributed by atoms with E-state index in [0.717, 1.165) is 5.56 Å². The smallest absolute Gasteiger partial charge is 0.280 e. The minimum absolute atomic E-state index is 0.0495. The number of imidazole rings is 1. The molecule has 0 amide bonds. The van der Waals surface area contributed by atoms with Gasteiger partial charge in [-0.25, -0.2) is 9.37 Å². The van der Waals surface area contributed by atoms with E-state index in [4.69, 9.17) is 15.2 Å². The monoisotopic (exact) mass is 475 g/mol. The lowest BCUT2D eigenvalue weighted by Crippen LogP contribution is -2.38. The van der Waals surface area contributed by atoms with E-state index < -0.39 is 30.1 Å². The molecule has 13 heteroatoms. The maximum atomic E-state index is 14.3. The van der Waals surface area contributed by atoms with E-state index in [1.54, 1.807) is 12.1 Å². The summed E-state index contributed by atoms with van der Waals surface area (Å²) in [5, 5.41) is 24.3. The molecule has 0 radical (unpaired) electrons. The highest BCUT2D eigenvalue weighted by molar-refractivity contribution is 5.70. The summed E-state index contributed by atoms with van der Waals surface area (Å²) in [7, 11) is 0. The van der Waals surface area contributed by atoms with Gasteiger partial charge in [0.05, 0.1) is 25.2 Å². The molecule has 0 unspecified atom stereocenters. The first kappa shape index (κ1) is 22.7. The Balaban J connectivity index is 1.25. The zero-order valence-corrected chi connectivity index (χ0v) is 18.2. The van der Waals surface area contributed by atoms with Crippen LogP contribution in [0, 0.1) is 5.82 Å². The van der Waals surface area contributed by atoms with Gasteiger partial charge < -0.3 is 35.6 Å². The molecule has 182 valence electrons. The van der Waals surface area contributed by atoms with Crippen molar-refractivity contribution in [2.24, 2.45) is 0 Å². The van der Waals surface area contributed by atoms with Crippen molar-refractivity contribution in [3.05, 3.63) is 46.3 Å². The fourth-order valence-corrected chi connectivity index (χ4v) is 4.33. The molecule has 2 aliphatic heterocycles. The number of nitrogens with two attached hydrogens (primary N) is 1. The van der Waals surface area contributed by atoms with Crippen LogP contribution in [0.15, 0.2) is 29.3 Å². The van der Waals surface area contributed by atoms with Gasteiger partial charge in [0.15, 0.2) is 17.4 Å². The largest absolute Gasteiger partial charge is 0.387 e. The van der Waals surface area contributed by atoms with E-state index in [9.17, 15) is 19.4 Å². The predicted octanol–water partition coefficient (Wildman–Crippen LogP) is -0.913. The Hall–Kier alpha value is -3.10. The van der Waals surface area contributed by atoms with Crippen LogP contribution >= 0.6 is 0 Å². The van der Waals surface area contributed by atoms with Gasteiger partial charge in [0.1, 0.15) is 24.1 Å². The molecule has 0 saturated carbocycles. The van der Waals surface area contributed by atoms with Crippen LogP contribution in [0.1, 0.15) is 11.8 Å². The molecule has 0 aliphatic carbocycles. The van der Waals surface area contributed by atoms with Crippen molar-refractivity contribution in [3.8, 4) is 0 Å². The topological polar surface area (TPSA) is 164 Å². The third-order valence-corrected chi connectivity index (χ3v) is 6.10. The third kappa shape index (κ3) is 4.23. The molecule has 0 bridgehead atoms. The molecule has 2 saturated heterocycles. The molecule has 1 aromatic carbocycles. The molecule has 5 rings (SSSR count).